The van der Waals surface area contributed by atoms with Crippen LogP contribution in [0.2, 0.25) is 0 Å². The summed E-state index contributed by atoms with van der Waals surface area (Å²) in [6.07, 6.45) is 1.52. The monoisotopic (exact) mass is 526 g/mol. The Morgan fingerprint density at radius 3 is 2.57 bits per heavy atom. The number of hydrogen-bond acceptors (Lipinski definition) is 4. The molecule has 0 spiro atoms. The third-order valence-corrected chi connectivity index (χ3v) is 4.81. The number of hydrogen-bond donors (Lipinski definition) is 0. The summed E-state index contributed by atoms with van der Waals surface area (Å²) in [5.74, 6) is 2.10. The number of terminal acetylenes is 1. The summed E-state index contributed by atoms with van der Waals surface area (Å²) in [4.78, 5) is 12.8. The van der Waals surface area contributed by atoms with E-state index in [9.17, 15) is 18.0 Å². The van der Waals surface area contributed by atoms with Crippen molar-refractivity contribution in [3.63, 3.8) is 0 Å². The Morgan fingerprint density at radius 2 is 1.97 bits per heavy atom. The van der Waals surface area contributed by atoms with E-state index in [1.54, 1.807) is 24.3 Å². The lowest BCUT2D eigenvalue weighted by molar-refractivity contribution is -0.114. The molecule has 30 heavy (non-hydrogen) atoms. The number of carbonyl (C=O) groups is 1. The first kappa shape index (κ1) is 21.7. The van der Waals surface area contributed by atoms with E-state index in [1.807, 2.05) is 22.6 Å². The van der Waals surface area contributed by atoms with Gasteiger partial charge < -0.3 is 9.47 Å². The third-order valence-electron chi connectivity index (χ3n) is 4.01. The van der Waals surface area contributed by atoms with Gasteiger partial charge in [0.2, 0.25) is 0 Å². The normalized spacial score (nSPS) is 15.2. The minimum absolute atomic E-state index is 0.00218. The topological polar surface area (TPSA) is 51.1 Å². The molecule has 0 N–H and O–H groups in total. The van der Waals surface area contributed by atoms with Crippen molar-refractivity contribution < 1.29 is 27.4 Å². The standard InChI is InChI=1S/C21H14F3IN2O3/c1-3-9-30-18-16(25)11-13(12-17(18)29-2)10-15-19(21(22,23)24)26-27(20(15)28)14-7-5-4-6-8-14/h1,4-8,10-12H,9H2,2H3/b15-10-. The highest BCUT2D eigenvalue weighted by molar-refractivity contribution is 14.1. The van der Waals surface area contributed by atoms with Gasteiger partial charge in [-0.3, -0.25) is 4.79 Å². The number of nitrogens with zero attached hydrogens (tertiary/aromatic N) is 2. The van der Waals surface area contributed by atoms with Crippen LogP contribution in [0.15, 0.2) is 53.1 Å². The highest BCUT2D eigenvalue weighted by Crippen LogP contribution is 2.37. The Morgan fingerprint density at radius 1 is 1.27 bits per heavy atom. The van der Waals surface area contributed by atoms with Crippen LogP contribution in [0.4, 0.5) is 18.9 Å². The highest BCUT2D eigenvalue weighted by Gasteiger charge is 2.46. The van der Waals surface area contributed by atoms with Gasteiger partial charge in [0.05, 0.1) is 21.9 Å². The molecule has 3 rings (SSSR count). The van der Waals surface area contributed by atoms with Crippen molar-refractivity contribution in [2.45, 2.75) is 6.18 Å². The molecule has 0 atom stereocenters. The third kappa shape index (κ3) is 4.43. The van der Waals surface area contributed by atoms with Gasteiger partial charge in [-0.25, -0.2) is 0 Å². The van der Waals surface area contributed by atoms with Crippen LogP contribution >= 0.6 is 22.6 Å². The van der Waals surface area contributed by atoms with Gasteiger partial charge in [-0.05, 0) is 58.5 Å². The van der Waals surface area contributed by atoms with Crippen LogP contribution in [0.5, 0.6) is 11.5 Å². The van der Waals surface area contributed by atoms with Crippen molar-refractivity contribution in [1.82, 2.24) is 0 Å². The molecule has 0 unspecified atom stereocenters. The molecule has 9 heteroatoms. The summed E-state index contributed by atoms with van der Waals surface area (Å²) >= 11 is 1.95. The summed E-state index contributed by atoms with van der Waals surface area (Å²) in [6.45, 7) is 0.00218. The molecule has 0 aromatic heterocycles. The zero-order chi connectivity index (χ0) is 21.9. The second kappa shape index (κ2) is 8.79. The molecule has 2 aromatic rings. The van der Waals surface area contributed by atoms with Gasteiger partial charge in [0.1, 0.15) is 6.61 Å². The van der Waals surface area contributed by atoms with Crippen LogP contribution in [0, 0.1) is 15.9 Å². The Balaban J connectivity index is 2.07. The first-order valence-electron chi connectivity index (χ1n) is 8.47. The number of hydrazone groups is 1. The second-order valence-electron chi connectivity index (χ2n) is 5.98. The molecule has 1 heterocycles. The molecule has 1 aliphatic heterocycles. The fraction of sp³-hybridized carbons (Fsp3) is 0.143. The summed E-state index contributed by atoms with van der Waals surface area (Å²) in [6, 6.07) is 10.9. The largest absolute Gasteiger partial charge is 0.493 e. The molecule has 1 aliphatic rings. The second-order valence-corrected chi connectivity index (χ2v) is 7.15. The van der Waals surface area contributed by atoms with Crippen LogP contribution in [0.3, 0.4) is 0 Å². The minimum atomic E-state index is -4.81. The molecule has 0 saturated carbocycles. The van der Waals surface area contributed by atoms with Crippen molar-refractivity contribution in [3.8, 4) is 23.8 Å². The Hall–Kier alpha value is -3.00. The van der Waals surface area contributed by atoms with Crippen molar-refractivity contribution in [2.75, 3.05) is 18.7 Å². The molecule has 5 nitrogen and oxygen atoms in total. The Kier molecular flexibility index (Phi) is 6.36. The van der Waals surface area contributed by atoms with E-state index in [0.29, 0.717) is 14.9 Å². The molecule has 0 radical (unpaired) electrons. The van der Waals surface area contributed by atoms with Crippen LogP contribution in [-0.4, -0.2) is 31.5 Å². The smallest absolute Gasteiger partial charge is 0.435 e. The maximum Gasteiger partial charge on any atom is 0.435 e. The van der Waals surface area contributed by atoms with Crippen molar-refractivity contribution in [1.29, 1.82) is 0 Å². The number of ether oxygens (including phenoxy) is 2. The predicted octanol–water partition coefficient (Wildman–Crippen LogP) is 4.66. The zero-order valence-electron chi connectivity index (χ0n) is 15.5. The number of halogens is 4. The fourth-order valence-electron chi connectivity index (χ4n) is 2.74. The quantitative estimate of drug-likeness (QED) is 0.324. The molecule has 0 bridgehead atoms. The van der Waals surface area contributed by atoms with Crippen LogP contribution in [0.1, 0.15) is 5.56 Å². The van der Waals surface area contributed by atoms with Gasteiger partial charge in [0.25, 0.3) is 5.91 Å². The van der Waals surface area contributed by atoms with Crippen LogP contribution in [0.25, 0.3) is 6.08 Å². The molecular formula is C21H14F3IN2O3. The zero-order valence-corrected chi connectivity index (χ0v) is 17.7. The molecule has 2 aromatic carbocycles. The first-order chi connectivity index (χ1) is 14.3. The maximum atomic E-state index is 13.6. The first-order valence-corrected chi connectivity index (χ1v) is 9.55. The Labute approximate surface area is 184 Å². The number of benzene rings is 2. The number of rotatable bonds is 5. The van der Waals surface area contributed by atoms with Crippen molar-refractivity contribution >= 4 is 46.0 Å². The van der Waals surface area contributed by atoms with Crippen molar-refractivity contribution in [2.24, 2.45) is 5.10 Å². The number of anilines is 1. The van der Waals surface area contributed by atoms with E-state index >= 15 is 0 Å². The van der Waals surface area contributed by atoms with E-state index < -0.39 is 23.4 Å². The number of carbonyl (C=O) groups excluding carboxylic acids is 1. The summed E-state index contributed by atoms with van der Waals surface area (Å²) in [7, 11) is 1.39. The molecular weight excluding hydrogens is 512 g/mol. The molecule has 0 saturated heterocycles. The Bertz CT molecular complexity index is 1070. The summed E-state index contributed by atoms with van der Waals surface area (Å²) < 4.78 is 52.0. The van der Waals surface area contributed by atoms with Gasteiger partial charge in [0, 0.05) is 0 Å². The number of alkyl halides is 3. The molecule has 0 fully saturated rings. The number of amides is 1. The minimum Gasteiger partial charge on any atom is -0.493 e. The number of methoxy groups -OCH3 is 1. The lowest BCUT2D eigenvalue weighted by Crippen LogP contribution is -2.25. The van der Waals surface area contributed by atoms with Gasteiger partial charge in [0.15, 0.2) is 17.2 Å². The van der Waals surface area contributed by atoms with Crippen LogP contribution < -0.4 is 14.5 Å². The molecule has 1 amide bonds. The lowest BCUT2D eigenvalue weighted by atomic mass is 10.1. The highest BCUT2D eigenvalue weighted by atomic mass is 127. The molecule has 154 valence electrons. The van der Waals surface area contributed by atoms with E-state index in [-0.39, 0.29) is 18.0 Å². The van der Waals surface area contributed by atoms with Crippen LogP contribution in [-0.2, 0) is 4.79 Å². The SMILES string of the molecule is C#CCOc1c(I)cc(/C=C2\C(=O)N(c3ccccc3)N=C2C(F)(F)F)cc1OC. The molecule has 0 aliphatic carbocycles. The predicted molar refractivity (Wildman–Crippen MR) is 115 cm³/mol. The van der Waals surface area contributed by atoms with Gasteiger partial charge >= 0.3 is 6.18 Å². The lowest BCUT2D eigenvalue weighted by Gasteiger charge is -2.13. The van der Waals surface area contributed by atoms with Gasteiger partial charge in [-0.1, -0.05) is 24.1 Å². The van der Waals surface area contributed by atoms with E-state index in [2.05, 4.69) is 11.0 Å². The van der Waals surface area contributed by atoms with Crippen molar-refractivity contribution in [3.05, 3.63) is 57.2 Å². The average Bonchev–Trinajstić information content (AvgIpc) is 3.04. The van der Waals surface area contributed by atoms with Gasteiger partial charge in [-0.2, -0.15) is 23.3 Å². The van der Waals surface area contributed by atoms with E-state index in [0.717, 1.165) is 11.1 Å². The average molecular weight is 526 g/mol. The van der Waals surface area contributed by atoms with E-state index in [4.69, 9.17) is 15.9 Å². The van der Waals surface area contributed by atoms with E-state index in [1.165, 1.54) is 25.3 Å². The van der Waals surface area contributed by atoms with Gasteiger partial charge in [-0.15, -0.1) is 6.42 Å². The maximum absolute atomic E-state index is 13.6. The summed E-state index contributed by atoms with van der Waals surface area (Å²) in [5, 5.41) is 4.28. The fourth-order valence-corrected chi connectivity index (χ4v) is 3.52. The number of para-hydroxylation sites is 1. The summed E-state index contributed by atoms with van der Waals surface area (Å²) in [5.41, 5.74) is -1.28.